The number of nitrogens with two attached hydrogens (primary N) is 3. The molecular weight excluding hydrogens is 496 g/mol. The molecule has 11 N–H and O–H groups in total. The van der Waals surface area contributed by atoms with Crippen LogP contribution in [-0.2, 0) is 30.4 Å². The summed E-state index contributed by atoms with van der Waals surface area (Å²) in [6.07, 6.45) is 1.98. The summed E-state index contributed by atoms with van der Waals surface area (Å²) >= 11 is 0. The summed E-state index contributed by atoms with van der Waals surface area (Å²) in [5.41, 5.74) is 17.6. The molecule has 212 valence electrons. The van der Waals surface area contributed by atoms with E-state index in [4.69, 9.17) is 17.2 Å². The Hall–Kier alpha value is -3.55. The number of amides is 3. The van der Waals surface area contributed by atoms with Crippen LogP contribution in [0.2, 0.25) is 0 Å². The van der Waals surface area contributed by atoms with Gasteiger partial charge in [0, 0.05) is 6.42 Å². The Bertz CT molecular complexity index is 915. The van der Waals surface area contributed by atoms with E-state index in [1.165, 1.54) is 0 Å². The average Bonchev–Trinajstić information content (AvgIpc) is 2.87. The molecule has 1 rings (SSSR count). The van der Waals surface area contributed by atoms with E-state index in [0.717, 1.165) is 0 Å². The minimum absolute atomic E-state index is 0.0478. The first kappa shape index (κ1) is 32.5. The van der Waals surface area contributed by atoms with Gasteiger partial charge in [-0.1, -0.05) is 36.8 Å². The van der Waals surface area contributed by atoms with Crippen molar-refractivity contribution in [1.82, 2.24) is 16.0 Å². The quantitative estimate of drug-likeness (QED) is 0.0985. The summed E-state index contributed by atoms with van der Waals surface area (Å²) in [6.45, 7) is 0.805. The van der Waals surface area contributed by atoms with Gasteiger partial charge >= 0.3 is 11.9 Å². The number of carboxylic acid groups (broad SMARTS) is 2. The lowest BCUT2D eigenvalue weighted by Gasteiger charge is -2.25. The molecule has 0 bridgehead atoms. The number of hydrogen-bond donors (Lipinski definition) is 8. The molecule has 0 heterocycles. The molecule has 0 radical (unpaired) electrons. The highest BCUT2D eigenvalue weighted by Gasteiger charge is 2.31. The maximum Gasteiger partial charge on any atom is 0.326 e. The summed E-state index contributed by atoms with van der Waals surface area (Å²) in [7, 11) is 0. The second-order valence-corrected chi connectivity index (χ2v) is 8.98. The van der Waals surface area contributed by atoms with E-state index < -0.39 is 60.2 Å². The number of rotatable bonds is 19. The van der Waals surface area contributed by atoms with Crippen LogP contribution in [0.25, 0.3) is 0 Å². The van der Waals surface area contributed by atoms with Crippen molar-refractivity contribution < 1.29 is 34.2 Å². The first-order valence-corrected chi connectivity index (χ1v) is 12.6. The van der Waals surface area contributed by atoms with Gasteiger partial charge in [-0.2, -0.15) is 0 Å². The molecule has 13 nitrogen and oxygen atoms in total. The SMILES string of the molecule is NCCCCC(N)C(=O)NC(Cc1ccccc1)C(=O)NC(CC(=O)O)C(=O)NC(CCCCN)C(=O)O. The number of aliphatic carboxylic acids is 2. The van der Waals surface area contributed by atoms with Gasteiger partial charge < -0.3 is 43.4 Å². The Morgan fingerprint density at radius 2 is 1.24 bits per heavy atom. The predicted octanol–water partition coefficient (Wildman–Crippen LogP) is -1.17. The number of unbranched alkanes of at least 4 members (excludes halogenated alkanes) is 2. The predicted molar refractivity (Wildman–Crippen MR) is 140 cm³/mol. The highest BCUT2D eigenvalue weighted by atomic mass is 16.4. The Labute approximate surface area is 221 Å². The molecule has 1 aromatic rings. The number of benzene rings is 1. The molecule has 4 unspecified atom stereocenters. The number of hydrogen-bond acceptors (Lipinski definition) is 8. The van der Waals surface area contributed by atoms with Crippen LogP contribution in [0.1, 0.15) is 50.5 Å². The maximum absolute atomic E-state index is 13.2. The van der Waals surface area contributed by atoms with Crippen LogP contribution in [0.15, 0.2) is 30.3 Å². The van der Waals surface area contributed by atoms with Crippen LogP contribution < -0.4 is 33.2 Å². The van der Waals surface area contributed by atoms with Gasteiger partial charge in [0.1, 0.15) is 18.1 Å². The molecule has 1 aromatic carbocycles. The zero-order chi connectivity index (χ0) is 28.5. The fourth-order valence-electron chi connectivity index (χ4n) is 3.66. The van der Waals surface area contributed by atoms with Crippen molar-refractivity contribution in [3.8, 4) is 0 Å². The fourth-order valence-corrected chi connectivity index (χ4v) is 3.66. The molecular formula is C25H40N6O7. The van der Waals surface area contributed by atoms with Crippen LogP contribution in [0.5, 0.6) is 0 Å². The average molecular weight is 537 g/mol. The lowest BCUT2D eigenvalue weighted by molar-refractivity contribution is -0.143. The normalized spacial score (nSPS) is 14.0. The second-order valence-electron chi connectivity index (χ2n) is 8.98. The Balaban J connectivity index is 3.04. The van der Waals surface area contributed by atoms with Gasteiger partial charge in [-0.3, -0.25) is 19.2 Å². The van der Waals surface area contributed by atoms with E-state index in [1.807, 2.05) is 0 Å². The summed E-state index contributed by atoms with van der Waals surface area (Å²) in [6, 6.07) is 3.85. The third kappa shape index (κ3) is 12.6. The second kappa shape index (κ2) is 17.8. The summed E-state index contributed by atoms with van der Waals surface area (Å²) in [5, 5.41) is 26.0. The van der Waals surface area contributed by atoms with Crippen LogP contribution >= 0.6 is 0 Å². The molecule has 0 saturated heterocycles. The zero-order valence-electron chi connectivity index (χ0n) is 21.4. The van der Waals surface area contributed by atoms with Gasteiger partial charge in [0.05, 0.1) is 12.5 Å². The van der Waals surface area contributed by atoms with Crippen LogP contribution in [0.4, 0.5) is 0 Å². The van der Waals surface area contributed by atoms with Crippen molar-refractivity contribution in [2.75, 3.05) is 13.1 Å². The van der Waals surface area contributed by atoms with Crippen molar-refractivity contribution >= 4 is 29.7 Å². The van der Waals surface area contributed by atoms with Crippen LogP contribution in [0, 0.1) is 0 Å². The molecule has 0 saturated carbocycles. The van der Waals surface area contributed by atoms with Crippen molar-refractivity contribution in [2.24, 2.45) is 17.2 Å². The van der Waals surface area contributed by atoms with E-state index in [2.05, 4.69) is 16.0 Å². The third-order valence-electron chi connectivity index (χ3n) is 5.79. The Kier molecular flexibility index (Phi) is 15.2. The Morgan fingerprint density at radius 3 is 1.79 bits per heavy atom. The minimum atomic E-state index is -1.58. The smallest absolute Gasteiger partial charge is 0.326 e. The van der Waals surface area contributed by atoms with Gasteiger partial charge in [-0.15, -0.1) is 0 Å². The molecule has 4 atom stereocenters. The third-order valence-corrected chi connectivity index (χ3v) is 5.79. The molecule has 38 heavy (non-hydrogen) atoms. The van der Waals surface area contributed by atoms with Gasteiger partial charge in [-0.05, 0) is 50.8 Å². The molecule has 0 fully saturated rings. The number of carboxylic acids is 2. The summed E-state index contributed by atoms with van der Waals surface area (Å²) < 4.78 is 0. The molecule has 0 aromatic heterocycles. The van der Waals surface area contributed by atoms with E-state index in [1.54, 1.807) is 30.3 Å². The fraction of sp³-hybridized carbons (Fsp3) is 0.560. The topological polar surface area (TPSA) is 240 Å². The summed E-state index contributed by atoms with van der Waals surface area (Å²) in [5.74, 6) is -5.04. The monoisotopic (exact) mass is 536 g/mol. The Morgan fingerprint density at radius 1 is 0.711 bits per heavy atom. The van der Waals surface area contributed by atoms with Gasteiger partial charge in [0.2, 0.25) is 17.7 Å². The molecule has 3 amide bonds. The van der Waals surface area contributed by atoms with Crippen LogP contribution in [-0.4, -0.2) is 77.1 Å². The molecule has 0 spiro atoms. The minimum Gasteiger partial charge on any atom is -0.481 e. The van der Waals surface area contributed by atoms with Crippen molar-refractivity contribution in [3.63, 3.8) is 0 Å². The lowest BCUT2D eigenvalue weighted by Crippen LogP contribution is -2.58. The standard InChI is InChI=1S/C25H40N6O7/c26-12-6-4-10-17(28)22(34)30-19(14-16-8-2-1-3-9-16)23(35)31-20(15-21(32)33)24(36)29-18(25(37)38)11-5-7-13-27/h1-3,8-9,17-20H,4-7,10-15,26-28H2,(H,29,36)(H,30,34)(H,31,35)(H,32,33)(H,37,38). The highest BCUT2D eigenvalue weighted by molar-refractivity contribution is 5.95. The zero-order valence-corrected chi connectivity index (χ0v) is 21.4. The molecule has 13 heteroatoms. The first-order chi connectivity index (χ1) is 18.1. The van der Waals surface area contributed by atoms with E-state index in [-0.39, 0.29) is 12.8 Å². The number of nitrogens with one attached hydrogen (secondary N) is 3. The van der Waals surface area contributed by atoms with Crippen molar-refractivity contribution in [3.05, 3.63) is 35.9 Å². The lowest BCUT2D eigenvalue weighted by atomic mass is 10.0. The first-order valence-electron chi connectivity index (χ1n) is 12.6. The van der Waals surface area contributed by atoms with Crippen LogP contribution in [0.3, 0.4) is 0 Å². The number of carbonyl (C=O) groups excluding carboxylic acids is 3. The van der Waals surface area contributed by atoms with E-state index in [9.17, 15) is 34.2 Å². The van der Waals surface area contributed by atoms with Crippen molar-refractivity contribution in [2.45, 2.75) is 75.5 Å². The maximum atomic E-state index is 13.2. The van der Waals surface area contributed by atoms with E-state index in [0.29, 0.717) is 50.8 Å². The van der Waals surface area contributed by atoms with Crippen molar-refractivity contribution in [1.29, 1.82) is 0 Å². The molecule has 0 aliphatic heterocycles. The van der Waals surface area contributed by atoms with E-state index >= 15 is 0 Å². The number of carbonyl (C=O) groups is 5. The molecule has 0 aliphatic carbocycles. The van der Waals surface area contributed by atoms with Gasteiger partial charge in [0.25, 0.3) is 0 Å². The van der Waals surface area contributed by atoms with Gasteiger partial charge in [-0.25, -0.2) is 4.79 Å². The summed E-state index contributed by atoms with van der Waals surface area (Å²) in [4.78, 5) is 61.7. The highest BCUT2D eigenvalue weighted by Crippen LogP contribution is 2.07. The van der Waals surface area contributed by atoms with Gasteiger partial charge in [0.15, 0.2) is 0 Å². The molecule has 0 aliphatic rings. The largest absolute Gasteiger partial charge is 0.481 e.